The lowest BCUT2D eigenvalue weighted by Crippen LogP contribution is -1.94. The van der Waals surface area contributed by atoms with Gasteiger partial charge in [0.1, 0.15) is 5.52 Å². The van der Waals surface area contributed by atoms with Crippen LogP contribution in [-0.4, -0.2) is 16.1 Å². The highest BCUT2D eigenvalue weighted by atomic mass is 16.4. The number of para-hydroxylation sites is 2. The minimum Gasteiger partial charge on any atom is -0.474 e. The maximum absolute atomic E-state index is 10.4. The number of hydrogen-bond donors (Lipinski definition) is 2. The van der Waals surface area contributed by atoms with E-state index in [9.17, 15) is 4.79 Å². The number of carboxylic acid groups (broad SMARTS) is 1. The van der Waals surface area contributed by atoms with Crippen molar-refractivity contribution in [3.8, 4) is 0 Å². The zero-order valence-electron chi connectivity index (χ0n) is 6.73. The quantitative estimate of drug-likeness (QED) is 0.695. The molecule has 5 heteroatoms. The van der Waals surface area contributed by atoms with Gasteiger partial charge in [-0.1, -0.05) is 12.1 Å². The van der Waals surface area contributed by atoms with Crippen molar-refractivity contribution in [2.75, 3.05) is 0 Å². The summed E-state index contributed by atoms with van der Waals surface area (Å²) in [5, 5.41) is 8.53. The standard InChI is InChI=1S/C8H5NO3.H3N/c10-8(11)7-9-5-3-1-2-4-6(5)12-7;/h1-4H,(H,10,11);1H3. The normalized spacial score (nSPS) is 9.54. The Balaban J connectivity index is 0.000000845. The second-order valence-electron chi connectivity index (χ2n) is 2.29. The van der Waals surface area contributed by atoms with Gasteiger partial charge in [0.15, 0.2) is 5.58 Å². The van der Waals surface area contributed by atoms with Crippen LogP contribution in [0.15, 0.2) is 28.7 Å². The Morgan fingerprint density at radius 1 is 1.38 bits per heavy atom. The summed E-state index contributed by atoms with van der Waals surface area (Å²) < 4.78 is 4.92. The Morgan fingerprint density at radius 2 is 2.08 bits per heavy atom. The van der Waals surface area contributed by atoms with Gasteiger partial charge in [0.2, 0.25) is 0 Å². The Morgan fingerprint density at radius 3 is 2.69 bits per heavy atom. The number of nitrogens with zero attached hydrogens (tertiary/aromatic N) is 1. The molecule has 0 spiro atoms. The van der Waals surface area contributed by atoms with Crippen LogP contribution in [-0.2, 0) is 0 Å². The fraction of sp³-hybridized carbons (Fsp3) is 0. The number of aromatic carboxylic acids is 1. The molecule has 13 heavy (non-hydrogen) atoms. The minimum absolute atomic E-state index is 0. The number of fused-ring (bicyclic) bond motifs is 1. The van der Waals surface area contributed by atoms with Crippen LogP contribution < -0.4 is 6.15 Å². The number of hydrogen-bond acceptors (Lipinski definition) is 4. The molecule has 1 heterocycles. The topological polar surface area (TPSA) is 98.3 Å². The molecule has 68 valence electrons. The predicted octanol–water partition coefficient (Wildman–Crippen LogP) is 1.69. The Hall–Kier alpha value is -1.88. The monoisotopic (exact) mass is 180 g/mol. The number of oxazole rings is 1. The lowest BCUT2D eigenvalue weighted by molar-refractivity contribution is 0.0656. The van der Waals surface area contributed by atoms with Gasteiger partial charge < -0.3 is 15.7 Å². The van der Waals surface area contributed by atoms with Crippen molar-refractivity contribution in [1.29, 1.82) is 0 Å². The summed E-state index contributed by atoms with van der Waals surface area (Å²) in [4.78, 5) is 14.2. The summed E-state index contributed by atoms with van der Waals surface area (Å²) >= 11 is 0. The van der Waals surface area contributed by atoms with Crippen molar-refractivity contribution in [1.82, 2.24) is 11.1 Å². The van der Waals surface area contributed by atoms with Crippen molar-refractivity contribution in [2.24, 2.45) is 0 Å². The maximum atomic E-state index is 10.4. The predicted molar refractivity (Wildman–Crippen MR) is 46.0 cm³/mol. The molecular weight excluding hydrogens is 172 g/mol. The fourth-order valence-corrected chi connectivity index (χ4v) is 0.964. The van der Waals surface area contributed by atoms with Crippen LogP contribution in [0.4, 0.5) is 0 Å². The lowest BCUT2D eigenvalue weighted by Gasteiger charge is -1.80. The largest absolute Gasteiger partial charge is 0.474 e. The maximum Gasteiger partial charge on any atom is 0.392 e. The van der Waals surface area contributed by atoms with Crippen LogP contribution >= 0.6 is 0 Å². The third-order valence-electron chi connectivity index (χ3n) is 1.48. The van der Waals surface area contributed by atoms with Crippen LogP contribution in [0.1, 0.15) is 10.7 Å². The van der Waals surface area contributed by atoms with Gasteiger partial charge >= 0.3 is 11.9 Å². The minimum atomic E-state index is -1.15. The van der Waals surface area contributed by atoms with Crippen molar-refractivity contribution < 1.29 is 14.3 Å². The first-order chi connectivity index (χ1) is 5.77. The molecule has 0 unspecified atom stereocenters. The van der Waals surface area contributed by atoms with Gasteiger partial charge in [-0.05, 0) is 12.1 Å². The number of carboxylic acids is 1. The van der Waals surface area contributed by atoms with E-state index in [1.165, 1.54) is 0 Å². The first kappa shape index (κ1) is 9.21. The molecule has 4 N–H and O–H groups in total. The van der Waals surface area contributed by atoms with Gasteiger partial charge in [-0.25, -0.2) is 9.78 Å². The molecule has 0 aliphatic carbocycles. The van der Waals surface area contributed by atoms with E-state index in [1.807, 2.05) is 0 Å². The zero-order valence-corrected chi connectivity index (χ0v) is 6.73. The molecule has 0 amide bonds. The molecule has 0 aliphatic heterocycles. The van der Waals surface area contributed by atoms with E-state index >= 15 is 0 Å². The second kappa shape index (κ2) is 3.24. The lowest BCUT2D eigenvalue weighted by atomic mass is 10.3. The first-order valence-corrected chi connectivity index (χ1v) is 3.36. The van der Waals surface area contributed by atoms with Gasteiger partial charge in [0, 0.05) is 0 Å². The molecule has 0 radical (unpaired) electrons. The molecule has 1 aromatic carbocycles. The van der Waals surface area contributed by atoms with Gasteiger partial charge in [0.25, 0.3) is 0 Å². The molecule has 0 atom stereocenters. The zero-order chi connectivity index (χ0) is 8.55. The molecule has 0 aliphatic rings. The average Bonchev–Trinajstić information content (AvgIpc) is 2.46. The van der Waals surface area contributed by atoms with Crippen molar-refractivity contribution in [3.63, 3.8) is 0 Å². The molecular formula is C8H8N2O3. The molecule has 0 saturated heterocycles. The summed E-state index contributed by atoms with van der Waals surface area (Å²) in [6, 6.07) is 6.91. The van der Waals surface area contributed by atoms with Crippen molar-refractivity contribution in [3.05, 3.63) is 30.2 Å². The highest BCUT2D eigenvalue weighted by molar-refractivity contribution is 5.86. The van der Waals surface area contributed by atoms with E-state index in [-0.39, 0.29) is 12.0 Å². The number of rotatable bonds is 1. The highest BCUT2D eigenvalue weighted by Crippen LogP contribution is 2.13. The second-order valence-corrected chi connectivity index (χ2v) is 2.29. The summed E-state index contributed by atoms with van der Waals surface area (Å²) in [7, 11) is 0. The van der Waals surface area contributed by atoms with Gasteiger partial charge in [-0.2, -0.15) is 0 Å². The molecule has 2 aromatic rings. The van der Waals surface area contributed by atoms with Gasteiger partial charge in [-0.3, -0.25) is 0 Å². The molecule has 0 fully saturated rings. The Labute approximate surface area is 73.6 Å². The smallest absolute Gasteiger partial charge is 0.392 e. The van der Waals surface area contributed by atoms with E-state index in [0.717, 1.165) is 0 Å². The SMILES string of the molecule is N.O=C(O)c1nc2ccccc2o1. The van der Waals surface area contributed by atoms with E-state index in [4.69, 9.17) is 9.52 Å². The highest BCUT2D eigenvalue weighted by Gasteiger charge is 2.10. The summed E-state index contributed by atoms with van der Waals surface area (Å²) in [6.45, 7) is 0. The summed E-state index contributed by atoms with van der Waals surface area (Å²) in [5.41, 5.74) is 1.06. The van der Waals surface area contributed by atoms with Crippen LogP contribution in [0.3, 0.4) is 0 Å². The Kier molecular flexibility index (Phi) is 2.29. The number of aromatic nitrogens is 1. The molecule has 0 saturated carbocycles. The van der Waals surface area contributed by atoms with E-state index in [0.29, 0.717) is 11.1 Å². The van der Waals surface area contributed by atoms with Gasteiger partial charge in [0.05, 0.1) is 0 Å². The first-order valence-electron chi connectivity index (χ1n) is 3.36. The van der Waals surface area contributed by atoms with E-state index < -0.39 is 5.97 Å². The summed E-state index contributed by atoms with van der Waals surface area (Å²) in [6.07, 6.45) is 0. The molecule has 1 aromatic heterocycles. The van der Waals surface area contributed by atoms with E-state index in [1.54, 1.807) is 24.3 Å². The van der Waals surface area contributed by atoms with Crippen LogP contribution in [0.2, 0.25) is 0 Å². The number of benzene rings is 1. The molecule has 2 rings (SSSR count). The fourth-order valence-electron chi connectivity index (χ4n) is 0.964. The third-order valence-corrected chi connectivity index (χ3v) is 1.48. The average molecular weight is 180 g/mol. The molecule has 5 nitrogen and oxygen atoms in total. The summed E-state index contributed by atoms with van der Waals surface area (Å²) in [5.74, 6) is -1.41. The van der Waals surface area contributed by atoms with Crippen LogP contribution in [0, 0.1) is 0 Å². The van der Waals surface area contributed by atoms with Crippen LogP contribution in [0.25, 0.3) is 11.1 Å². The van der Waals surface area contributed by atoms with E-state index in [2.05, 4.69) is 4.98 Å². The third kappa shape index (κ3) is 1.50. The Bertz CT molecular complexity index is 403. The molecule has 0 bridgehead atoms. The van der Waals surface area contributed by atoms with Crippen molar-refractivity contribution in [2.45, 2.75) is 0 Å². The van der Waals surface area contributed by atoms with Gasteiger partial charge in [-0.15, -0.1) is 0 Å². The van der Waals surface area contributed by atoms with Crippen molar-refractivity contribution >= 4 is 17.1 Å². The number of carbonyl (C=O) groups is 1. The van der Waals surface area contributed by atoms with Crippen LogP contribution in [0.5, 0.6) is 0 Å².